The molecule has 2 nitrogen and oxygen atoms in total. The standard InChI is InChI=1S/C13H19ClN2/c1-2-13(9-15,10-6-7-10)16-12-5-3-4-11(14)8-12/h3-5,8,10,16H,2,6-7,9,15H2,1H3. The van der Waals surface area contributed by atoms with E-state index in [2.05, 4.69) is 12.2 Å². The number of rotatable bonds is 5. The maximum absolute atomic E-state index is 5.98. The van der Waals surface area contributed by atoms with E-state index in [1.54, 1.807) is 0 Å². The highest BCUT2D eigenvalue weighted by atomic mass is 35.5. The summed E-state index contributed by atoms with van der Waals surface area (Å²) in [6.07, 6.45) is 3.64. The predicted octanol–water partition coefficient (Wildman–Crippen LogP) is 3.27. The molecule has 1 unspecified atom stereocenters. The van der Waals surface area contributed by atoms with Gasteiger partial charge in [0.1, 0.15) is 0 Å². The molecular weight excluding hydrogens is 220 g/mol. The van der Waals surface area contributed by atoms with E-state index < -0.39 is 0 Å². The van der Waals surface area contributed by atoms with Crippen LogP contribution in [0, 0.1) is 5.92 Å². The van der Waals surface area contributed by atoms with Crippen LogP contribution in [0.4, 0.5) is 5.69 Å². The van der Waals surface area contributed by atoms with Gasteiger partial charge in [-0.15, -0.1) is 0 Å². The molecule has 0 aliphatic heterocycles. The fourth-order valence-corrected chi connectivity index (χ4v) is 2.52. The van der Waals surface area contributed by atoms with Crippen LogP contribution in [0.25, 0.3) is 0 Å². The lowest BCUT2D eigenvalue weighted by Crippen LogP contribution is -2.47. The van der Waals surface area contributed by atoms with E-state index in [-0.39, 0.29) is 5.54 Å². The molecule has 0 spiro atoms. The Hall–Kier alpha value is -0.730. The van der Waals surface area contributed by atoms with Crippen LogP contribution in [0.15, 0.2) is 24.3 Å². The first-order chi connectivity index (χ1) is 7.70. The molecule has 0 heterocycles. The van der Waals surface area contributed by atoms with Crippen molar-refractivity contribution in [1.29, 1.82) is 0 Å². The summed E-state index contributed by atoms with van der Waals surface area (Å²) in [4.78, 5) is 0. The lowest BCUT2D eigenvalue weighted by molar-refractivity contribution is 0.404. The number of nitrogens with one attached hydrogen (secondary N) is 1. The third-order valence-electron chi connectivity index (χ3n) is 3.57. The van der Waals surface area contributed by atoms with Crippen molar-refractivity contribution < 1.29 is 0 Å². The average molecular weight is 239 g/mol. The first-order valence-corrected chi connectivity index (χ1v) is 6.32. The summed E-state index contributed by atoms with van der Waals surface area (Å²) in [6.45, 7) is 2.88. The van der Waals surface area contributed by atoms with Gasteiger partial charge in [-0.2, -0.15) is 0 Å². The molecule has 3 heteroatoms. The zero-order valence-electron chi connectivity index (χ0n) is 9.67. The third kappa shape index (κ3) is 2.33. The topological polar surface area (TPSA) is 38.0 Å². The minimum atomic E-state index is 0.0602. The molecule has 0 bridgehead atoms. The van der Waals surface area contributed by atoms with Gasteiger partial charge < -0.3 is 11.1 Å². The fraction of sp³-hybridized carbons (Fsp3) is 0.538. The zero-order valence-corrected chi connectivity index (χ0v) is 10.4. The second-order valence-corrected chi connectivity index (χ2v) is 5.06. The number of halogens is 1. The second kappa shape index (κ2) is 4.64. The van der Waals surface area contributed by atoms with E-state index >= 15 is 0 Å². The van der Waals surface area contributed by atoms with E-state index in [0.29, 0.717) is 6.54 Å². The van der Waals surface area contributed by atoms with E-state index in [9.17, 15) is 0 Å². The van der Waals surface area contributed by atoms with Crippen molar-refractivity contribution in [2.24, 2.45) is 11.7 Å². The van der Waals surface area contributed by atoms with Crippen molar-refractivity contribution in [3.8, 4) is 0 Å². The van der Waals surface area contributed by atoms with Crippen LogP contribution in [-0.2, 0) is 0 Å². The molecule has 2 rings (SSSR count). The van der Waals surface area contributed by atoms with E-state index in [1.807, 2.05) is 24.3 Å². The quantitative estimate of drug-likeness (QED) is 0.826. The maximum Gasteiger partial charge on any atom is 0.0521 e. The first-order valence-electron chi connectivity index (χ1n) is 5.94. The Morgan fingerprint density at radius 1 is 1.50 bits per heavy atom. The molecule has 88 valence electrons. The van der Waals surface area contributed by atoms with Gasteiger partial charge >= 0.3 is 0 Å². The van der Waals surface area contributed by atoms with Crippen LogP contribution in [0.5, 0.6) is 0 Å². The SMILES string of the molecule is CCC(CN)(Nc1cccc(Cl)c1)C1CC1. The highest BCUT2D eigenvalue weighted by Crippen LogP contribution is 2.43. The molecule has 1 aliphatic rings. The van der Waals surface area contributed by atoms with Gasteiger partial charge in [0.05, 0.1) is 5.54 Å². The Kier molecular flexibility index (Phi) is 3.41. The molecule has 16 heavy (non-hydrogen) atoms. The van der Waals surface area contributed by atoms with Gasteiger partial charge in [0.15, 0.2) is 0 Å². The first kappa shape index (κ1) is 11.7. The minimum Gasteiger partial charge on any atom is -0.378 e. The lowest BCUT2D eigenvalue weighted by Gasteiger charge is -2.34. The highest BCUT2D eigenvalue weighted by molar-refractivity contribution is 6.30. The van der Waals surface area contributed by atoms with E-state index in [1.165, 1.54) is 12.8 Å². The van der Waals surface area contributed by atoms with Gasteiger partial charge in [-0.25, -0.2) is 0 Å². The van der Waals surface area contributed by atoms with Crippen molar-refractivity contribution in [3.05, 3.63) is 29.3 Å². The number of benzene rings is 1. The molecule has 0 saturated heterocycles. The smallest absolute Gasteiger partial charge is 0.0521 e. The number of hydrogen-bond acceptors (Lipinski definition) is 2. The predicted molar refractivity (Wildman–Crippen MR) is 69.9 cm³/mol. The van der Waals surface area contributed by atoms with Crippen LogP contribution >= 0.6 is 11.6 Å². The minimum absolute atomic E-state index is 0.0602. The molecule has 1 atom stereocenters. The van der Waals surface area contributed by atoms with Crippen LogP contribution < -0.4 is 11.1 Å². The maximum atomic E-state index is 5.98. The molecule has 0 radical (unpaired) electrons. The Morgan fingerprint density at radius 3 is 2.75 bits per heavy atom. The second-order valence-electron chi connectivity index (χ2n) is 4.62. The molecule has 1 aromatic carbocycles. The zero-order chi connectivity index (χ0) is 11.6. The summed E-state index contributed by atoms with van der Waals surface area (Å²) in [5.74, 6) is 0.724. The summed E-state index contributed by atoms with van der Waals surface area (Å²) < 4.78 is 0. The third-order valence-corrected chi connectivity index (χ3v) is 3.81. The van der Waals surface area contributed by atoms with Crippen molar-refractivity contribution in [3.63, 3.8) is 0 Å². The number of anilines is 1. The van der Waals surface area contributed by atoms with Gasteiger partial charge in [-0.1, -0.05) is 24.6 Å². The van der Waals surface area contributed by atoms with Crippen molar-refractivity contribution in [2.45, 2.75) is 31.7 Å². The lowest BCUT2D eigenvalue weighted by atomic mass is 9.89. The molecule has 0 amide bonds. The van der Waals surface area contributed by atoms with E-state index in [4.69, 9.17) is 17.3 Å². The Bertz CT molecular complexity index is 357. The van der Waals surface area contributed by atoms with Gasteiger partial charge in [-0.05, 0) is 43.4 Å². The molecule has 1 aliphatic carbocycles. The number of nitrogens with two attached hydrogens (primary N) is 1. The van der Waals surface area contributed by atoms with Crippen molar-refractivity contribution in [2.75, 3.05) is 11.9 Å². The van der Waals surface area contributed by atoms with Crippen LogP contribution in [-0.4, -0.2) is 12.1 Å². The number of hydrogen-bond donors (Lipinski definition) is 2. The van der Waals surface area contributed by atoms with Gasteiger partial charge in [0, 0.05) is 17.3 Å². The average Bonchev–Trinajstić information content (AvgIpc) is 3.10. The largest absolute Gasteiger partial charge is 0.378 e. The van der Waals surface area contributed by atoms with Crippen LogP contribution in [0.1, 0.15) is 26.2 Å². The molecular formula is C13H19ClN2. The summed E-state index contributed by atoms with van der Waals surface area (Å²) >= 11 is 5.98. The van der Waals surface area contributed by atoms with Gasteiger partial charge in [0.2, 0.25) is 0 Å². The monoisotopic (exact) mass is 238 g/mol. The van der Waals surface area contributed by atoms with Crippen molar-refractivity contribution in [1.82, 2.24) is 0 Å². The summed E-state index contributed by atoms with van der Waals surface area (Å²) in [5, 5.41) is 4.35. The van der Waals surface area contributed by atoms with Crippen LogP contribution in [0.3, 0.4) is 0 Å². The highest BCUT2D eigenvalue weighted by Gasteiger charge is 2.42. The van der Waals surface area contributed by atoms with Gasteiger partial charge in [0.25, 0.3) is 0 Å². The molecule has 1 aromatic rings. The molecule has 1 fully saturated rings. The van der Waals surface area contributed by atoms with Crippen LogP contribution in [0.2, 0.25) is 5.02 Å². The molecule has 3 N–H and O–H groups in total. The Balaban J connectivity index is 2.16. The Labute approximate surface area is 102 Å². The molecule has 0 aromatic heterocycles. The summed E-state index contributed by atoms with van der Waals surface area (Å²) in [5.41, 5.74) is 7.09. The van der Waals surface area contributed by atoms with Gasteiger partial charge in [-0.3, -0.25) is 0 Å². The summed E-state index contributed by atoms with van der Waals surface area (Å²) in [7, 11) is 0. The normalized spacial score (nSPS) is 19.2. The fourth-order valence-electron chi connectivity index (χ4n) is 2.33. The molecule has 1 saturated carbocycles. The van der Waals surface area contributed by atoms with Crippen molar-refractivity contribution >= 4 is 17.3 Å². The summed E-state index contributed by atoms with van der Waals surface area (Å²) in [6, 6.07) is 7.87. The van der Waals surface area contributed by atoms with E-state index in [0.717, 1.165) is 23.0 Å². The Morgan fingerprint density at radius 2 is 2.25 bits per heavy atom.